The van der Waals surface area contributed by atoms with Crippen molar-refractivity contribution in [1.29, 1.82) is 0 Å². The Morgan fingerprint density at radius 1 is 1.15 bits per heavy atom. The molecule has 1 fully saturated rings. The van der Waals surface area contributed by atoms with E-state index in [4.69, 9.17) is 21.1 Å². The molecule has 6 nitrogen and oxygen atoms in total. The number of nitrogens with one attached hydrogen (secondary N) is 1. The summed E-state index contributed by atoms with van der Waals surface area (Å²) in [6.07, 6.45) is 4.58. The third kappa shape index (κ3) is 6.51. The lowest BCUT2D eigenvalue weighted by Crippen LogP contribution is -2.48. The van der Waals surface area contributed by atoms with Crippen LogP contribution in [-0.4, -0.2) is 42.4 Å². The maximum atomic E-state index is 15.1. The zero-order valence-corrected chi connectivity index (χ0v) is 24.5. The highest BCUT2D eigenvalue weighted by molar-refractivity contribution is 9.10. The van der Waals surface area contributed by atoms with Gasteiger partial charge in [-0.15, -0.1) is 0 Å². The summed E-state index contributed by atoms with van der Waals surface area (Å²) in [6.45, 7) is 3.13. The van der Waals surface area contributed by atoms with E-state index in [0.29, 0.717) is 47.3 Å². The first-order valence-corrected chi connectivity index (χ1v) is 14.9. The lowest BCUT2D eigenvalue weighted by atomic mass is 9.69. The molecule has 0 amide bonds. The summed E-state index contributed by atoms with van der Waals surface area (Å²) in [5.74, 6) is 0.0297. The molecule has 2 aliphatic carbocycles. The van der Waals surface area contributed by atoms with Gasteiger partial charge >= 0.3 is 5.97 Å². The number of halogens is 3. The Hall–Kier alpha value is -2.52. The van der Waals surface area contributed by atoms with Crippen molar-refractivity contribution in [3.05, 3.63) is 92.4 Å². The molecule has 5 rings (SSSR count). The fraction of sp³-hybridized carbons (Fsp3) is 0.419. The molecular formula is C31H33BrClFN2O4. The minimum Gasteiger partial charge on any atom is -0.490 e. The molecule has 0 radical (unpaired) electrons. The third-order valence-corrected chi connectivity index (χ3v) is 9.14. The van der Waals surface area contributed by atoms with Gasteiger partial charge in [-0.05, 0) is 101 Å². The van der Waals surface area contributed by atoms with Gasteiger partial charge in [-0.3, -0.25) is 0 Å². The number of aromatic nitrogens is 1. The molecule has 3 aromatic rings. The lowest BCUT2D eigenvalue weighted by molar-refractivity contribution is 0.0228. The fourth-order valence-electron chi connectivity index (χ4n) is 5.85. The van der Waals surface area contributed by atoms with Crippen LogP contribution in [0.1, 0.15) is 52.9 Å². The molecular weight excluding hydrogens is 599 g/mol. The van der Waals surface area contributed by atoms with E-state index in [1.165, 1.54) is 11.6 Å². The summed E-state index contributed by atoms with van der Waals surface area (Å²) in [4.78, 5) is 15.4. The van der Waals surface area contributed by atoms with Crippen LogP contribution in [0.25, 0.3) is 0 Å². The molecule has 2 aromatic carbocycles. The summed E-state index contributed by atoms with van der Waals surface area (Å²) in [7, 11) is 0. The van der Waals surface area contributed by atoms with Crippen molar-refractivity contribution in [2.45, 2.75) is 44.1 Å². The van der Waals surface area contributed by atoms with Crippen LogP contribution in [-0.2, 0) is 23.2 Å². The topological polar surface area (TPSA) is 80.7 Å². The number of aromatic carboxylic acids is 1. The molecule has 1 aromatic heterocycles. The van der Waals surface area contributed by atoms with Crippen molar-refractivity contribution in [1.82, 2.24) is 10.3 Å². The van der Waals surface area contributed by atoms with Crippen molar-refractivity contribution >= 4 is 33.5 Å². The van der Waals surface area contributed by atoms with E-state index in [9.17, 15) is 9.90 Å². The quantitative estimate of drug-likeness (QED) is 0.214. The van der Waals surface area contributed by atoms with Crippen LogP contribution in [0.15, 0.2) is 59.2 Å². The zero-order chi connectivity index (χ0) is 28.1. The number of benzene rings is 2. The Balaban J connectivity index is 1.26. The number of ether oxygens (including phenoxy) is 2. The van der Waals surface area contributed by atoms with Crippen LogP contribution in [0.2, 0.25) is 5.02 Å². The standard InChI is InChI=1S/C31H33BrClFN2O4/c32-29-27(13-12-26(36-29)30(37)38)40-19-31(14-4-7-23-24(31)10-11-25(33)28(23)34)18-35-15-21-8-9-22(21)17-39-16-20-5-2-1-3-6-20/h1-3,5-6,10-13,21-22,35H,4,7-9,14-19H2,(H,37,38)/t21-,22-,31?/m0/s1. The number of fused-ring (bicyclic) bond motifs is 1. The van der Waals surface area contributed by atoms with Crippen molar-refractivity contribution in [2.24, 2.45) is 11.8 Å². The fourth-order valence-corrected chi connectivity index (χ4v) is 6.46. The zero-order valence-electron chi connectivity index (χ0n) is 22.2. The van der Waals surface area contributed by atoms with Crippen molar-refractivity contribution in [3.63, 3.8) is 0 Å². The van der Waals surface area contributed by atoms with Gasteiger partial charge in [0.25, 0.3) is 0 Å². The van der Waals surface area contributed by atoms with Crippen LogP contribution in [0.5, 0.6) is 5.75 Å². The van der Waals surface area contributed by atoms with Gasteiger partial charge in [0.15, 0.2) is 5.75 Å². The molecule has 40 heavy (non-hydrogen) atoms. The number of carboxylic acids is 1. The van der Waals surface area contributed by atoms with Crippen LogP contribution in [0.4, 0.5) is 4.39 Å². The molecule has 1 saturated carbocycles. The molecule has 2 aliphatic rings. The molecule has 212 valence electrons. The van der Waals surface area contributed by atoms with Gasteiger partial charge < -0.3 is 19.9 Å². The summed E-state index contributed by atoms with van der Waals surface area (Å²) in [6, 6.07) is 16.8. The van der Waals surface area contributed by atoms with Crippen molar-refractivity contribution in [3.8, 4) is 5.75 Å². The summed E-state index contributed by atoms with van der Waals surface area (Å²) in [5, 5.41) is 13.1. The Labute approximate surface area is 247 Å². The SMILES string of the molecule is O=C(O)c1ccc(OCC2(CNC[C@@H]3CC[C@H]3COCc3ccccc3)CCCc3c2ccc(Cl)c3F)c(Br)n1. The number of carboxylic acid groups (broad SMARTS) is 1. The van der Waals surface area contributed by atoms with Gasteiger partial charge in [0.05, 0.1) is 24.8 Å². The number of hydrogen-bond donors (Lipinski definition) is 2. The van der Waals surface area contributed by atoms with Crippen LogP contribution >= 0.6 is 27.5 Å². The molecule has 9 heteroatoms. The smallest absolute Gasteiger partial charge is 0.354 e. The average molecular weight is 632 g/mol. The number of pyridine rings is 1. The maximum absolute atomic E-state index is 15.1. The summed E-state index contributed by atoms with van der Waals surface area (Å²) >= 11 is 9.48. The van der Waals surface area contributed by atoms with E-state index in [-0.39, 0.29) is 23.1 Å². The van der Waals surface area contributed by atoms with E-state index < -0.39 is 11.4 Å². The Bertz CT molecular complexity index is 1340. The van der Waals surface area contributed by atoms with E-state index in [1.807, 2.05) is 24.3 Å². The highest BCUT2D eigenvalue weighted by atomic mass is 79.9. The number of carbonyl (C=O) groups is 1. The summed E-state index contributed by atoms with van der Waals surface area (Å²) < 4.78 is 27.7. The van der Waals surface area contributed by atoms with E-state index in [0.717, 1.165) is 44.4 Å². The van der Waals surface area contributed by atoms with Gasteiger partial charge in [0.2, 0.25) is 0 Å². The number of rotatable bonds is 12. The van der Waals surface area contributed by atoms with Gasteiger partial charge in [-0.2, -0.15) is 0 Å². The largest absolute Gasteiger partial charge is 0.490 e. The Kier molecular flexibility index (Phi) is 9.41. The van der Waals surface area contributed by atoms with Crippen LogP contribution in [0.3, 0.4) is 0 Å². The van der Waals surface area contributed by atoms with Gasteiger partial charge in [-0.25, -0.2) is 14.2 Å². The number of nitrogens with zero attached hydrogens (tertiary/aromatic N) is 1. The second kappa shape index (κ2) is 13.0. The minimum absolute atomic E-state index is 0.0712. The maximum Gasteiger partial charge on any atom is 0.354 e. The second-order valence-corrected chi connectivity index (χ2v) is 12.0. The van der Waals surface area contributed by atoms with Gasteiger partial charge in [0.1, 0.15) is 16.1 Å². The predicted molar refractivity (Wildman–Crippen MR) is 156 cm³/mol. The molecule has 3 atom stereocenters. The van der Waals surface area contributed by atoms with E-state index in [1.54, 1.807) is 12.1 Å². The van der Waals surface area contributed by atoms with Gasteiger partial charge in [0, 0.05) is 12.0 Å². The molecule has 0 spiro atoms. The molecule has 0 aliphatic heterocycles. The second-order valence-electron chi connectivity index (χ2n) is 10.8. The third-order valence-electron chi connectivity index (χ3n) is 8.28. The monoisotopic (exact) mass is 630 g/mol. The van der Waals surface area contributed by atoms with E-state index >= 15 is 4.39 Å². The van der Waals surface area contributed by atoms with Gasteiger partial charge in [-0.1, -0.05) is 48.0 Å². The molecule has 0 bridgehead atoms. The Morgan fingerprint density at radius 2 is 1.95 bits per heavy atom. The lowest BCUT2D eigenvalue weighted by Gasteiger charge is -2.41. The highest BCUT2D eigenvalue weighted by Gasteiger charge is 2.40. The first-order valence-electron chi connectivity index (χ1n) is 13.7. The predicted octanol–water partition coefficient (Wildman–Crippen LogP) is 6.82. The van der Waals surface area contributed by atoms with Crippen LogP contribution < -0.4 is 10.1 Å². The average Bonchev–Trinajstić information content (AvgIpc) is 2.95. The first kappa shape index (κ1) is 29.0. The Morgan fingerprint density at radius 3 is 2.67 bits per heavy atom. The van der Waals surface area contributed by atoms with Crippen molar-refractivity contribution < 1.29 is 23.8 Å². The normalized spacial score (nSPS) is 21.9. The molecule has 0 saturated heterocycles. The molecule has 1 heterocycles. The summed E-state index contributed by atoms with van der Waals surface area (Å²) in [5.41, 5.74) is 2.20. The molecule has 2 N–H and O–H groups in total. The van der Waals surface area contributed by atoms with Crippen molar-refractivity contribution in [2.75, 3.05) is 26.3 Å². The van der Waals surface area contributed by atoms with E-state index in [2.05, 4.69) is 38.4 Å². The highest BCUT2D eigenvalue weighted by Crippen LogP contribution is 2.41. The minimum atomic E-state index is -1.11. The van der Waals surface area contributed by atoms with Crippen LogP contribution in [0, 0.1) is 17.7 Å². The molecule has 1 unspecified atom stereocenters. The first-order chi connectivity index (χ1) is 19.4. The number of hydrogen-bond acceptors (Lipinski definition) is 5.